The summed E-state index contributed by atoms with van der Waals surface area (Å²) in [4.78, 5) is 15.2. The number of aryl methyl sites for hydroxylation is 1. The lowest BCUT2D eigenvalue weighted by Gasteiger charge is -2.34. The number of sulfonamides is 1. The fraction of sp³-hybridized carbons (Fsp3) is 0.667. The van der Waals surface area contributed by atoms with E-state index in [1.807, 2.05) is 4.90 Å². The maximum absolute atomic E-state index is 13.3. The second-order valence-electron chi connectivity index (χ2n) is 8.40. The predicted octanol–water partition coefficient (Wildman–Crippen LogP) is 2.64. The molecule has 0 spiro atoms. The number of carbonyl (C=O) groups excluding carboxylic acids is 1. The van der Waals surface area contributed by atoms with Crippen molar-refractivity contribution in [2.75, 3.05) is 26.2 Å². The number of carbonyl (C=O) groups is 1. The molecule has 2 saturated heterocycles. The molecule has 2 fully saturated rings. The fourth-order valence-corrected chi connectivity index (χ4v) is 6.09. The van der Waals surface area contributed by atoms with Crippen molar-refractivity contribution in [2.24, 2.45) is 5.92 Å². The molecule has 0 radical (unpaired) electrons. The SMILES string of the molecule is CCCn1nnc2cc(S(=O)(=O)N3CCC[C@@H](C(=O)N4CCCCCC4)C3)ccc21. The molecule has 8 nitrogen and oxygen atoms in total. The van der Waals surface area contributed by atoms with Crippen LogP contribution in [0.25, 0.3) is 11.0 Å². The van der Waals surface area contributed by atoms with E-state index in [-0.39, 0.29) is 23.3 Å². The van der Waals surface area contributed by atoms with Crippen molar-refractivity contribution in [3.05, 3.63) is 18.2 Å². The highest BCUT2D eigenvalue weighted by Crippen LogP contribution is 2.27. The van der Waals surface area contributed by atoms with Crippen LogP contribution in [0.2, 0.25) is 0 Å². The summed E-state index contributed by atoms with van der Waals surface area (Å²) in [7, 11) is -3.68. The van der Waals surface area contributed by atoms with Crippen LogP contribution >= 0.6 is 0 Å². The highest BCUT2D eigenvalue weighted by atomic mass is 32.2. The molecule has 0 bridgehead atoms. The van der Waals surface area contributed by atoms with E-state index in [4.69, 9.17) is 0 Å². The van der Waals surface area contributed by atoms with Gasteiger partial charge < -0.3 is 4.90 Å². The summed E-state index contributed by atoms with van der Waals surface area (Å²) in [6.45, 7) is 5.12. The number of rotatable bonds is 5. The number of benzene rings is 1. The molecule has 2 aliphatic rings. The maximum atomic E-state index is 13.3. The molecule has 1 aromatic carbocycles. The molecule has 30 heavy (non-hydrogen) atoms. The number of aromatic nitrogens is 3. The molecule has 0 N–H and O–H groups in total. The largest absolute Gasteiger partial charge is 0.342 e. The van der Waals surface area contributed by atoms with E-state index in [2.05, 4.69) is 17.2 Å². The van der Waals surface area contributed by atoms with Crippen LogP contribution in [-0.4, -0.2) is 64.7 Å². The molecule has 164 valence electrons. The van der Waals surface area contributed by atoms with E-state index >= 15 is 0 Å². The van der Waals surface area contributed by atoms with Crippen LogP contribution < -0.4 is 0 Å². The molecular formula is C21H31N5O3S. The minimum atomic E-state index is -3.68. The Kier molecular flexibility index (Phi) is 6.38. The van der Waals surface area contributed by atoms with Crippen molar-refractivity contribution in [1.82, 2.24) is 24.2 Å². The minimum absolute atomic E-state index is 0.120. The van der Waals surface area contributed by atoms with Gasteiger partial charge in [-0.2, -0.15) is 4.31 Å². The van der Waals surface area contributed by atoms with Crippen LogP contribution in [0.15, 0.2) is 23.1 Å². The third kappa shape index (κ3) is 4.23. The molecule has 0 saturated carbocycles. The quantitative estimate of drug-likeness (QED) is 0.723. The molecule has 3 heterocycles. The van der Waals surface area contributed by atoms with Crippen molar-refractivity contribution in [3.63, 3.8) is 0 Å². The Hall–Kier alpha value is -2.00. The molecule has 1 amide bonds. The molecular weight excluding hydrogens is 402 g/mol. The van der Waals surface area contributed by atoms with Gasteiger partial charge in [-0.25, -0.2) is 13.1 Å². The van der Waals surface area contributed by atoms with Gasteiger partial charge in [-0.05, 0) is 50.3 Å². The summed E-state index contributed by atoms with van der Waals surface area (Å²) in [5.41, 5.74) is 1.42. The average Bonchev–Trinajstić information content (AvgIpc) is 2.97. The first-order chi connectivity index (χ1) is 14.5. The van der Waals surface area contributed by atoms with Crippen molar-refractivity contribution in [3.8, 4) is 0 Å². The standard InChI is InChI=1S/C21H31N5O3S/c1-2-11-26-20-10-9-18(15-19(20)22-23-26)30(28,29)25-14-7-8-17(16-25)21(27)24-12-5-3-4-6-13-24/h9-10,15,17H,2-8,11-14,16H2,1H3/t17-/m1/s1. The van der Waals surface area contributed by atoms with Crippen LogP contribution in [0.5, 0.6) is 0 Å². The minimum Gasteiger partial charge on any atom is -0.342 e. The number of likely N-dealkylation sites (tertiary alicyclic amines) is 1. The van der Waals surface area contributed by atoms with E-state index in [1.54, 1.807) is 22.9 Å². The van der Waals surface area contributed by atoms with E-state index in [9.17, 15) is 13.2 Å². The number of hydrogen-bond donors (Lipinski definition) is 0. The van der Waals surface area contributed by atoms with E-state index in [0.29, 0.717) is 18.5 Å². The summed E-state index contributed by atoms with van der Waals surface area (Å²) in [5.74, 6) is -0.129. The Morgan fingerprint density at radius 1 is 1.10 bits per heavy atom. The van der Waals surface area contributed by atoms with Gasteiger partial charge >= 0.3 is 0 Å². The molecule has 2 aromatic rings. The lowest BCUT2D eigenvalue weighted by Crippen LogP contribution is -2.46. The second kappa shape index (κ2) is 9.01. The number of nitrogens with zero attached hydrogens (tertiary/aromatic N) is 5. The van der Waals surface area contributed by atoms with Gasteiger partial charge in [0.1, 0.15) is 5.52 Å². The van der Waals surface area contributed by atoms with Crippen molar-refractivity contribution >= 4 is 27.0 Å². The maximum Gasteiger partial charge on any atom is 0.243 e. The fourth-order valence-electron chi connectivity index (χ4n) is 4.55. The normalized spacial score (nSPS) is 21.6. The summed E-state index contributed by atoms with van der Waals surface area (Å²) in [6.07, 6.45) is 6.81. The van der Waals surface area contributed by atoms with Gasteiger partial charge in [-0.1, -0.05) is 25.0 Å². The Balaban J connectivity index is 1.52. The van der Waals surface area contributed by atoms with Crippen LogP contribution in [0.1, 0.15) is 51.9 Å². The number of fused-ring (bicyclic) bond motifs is 1. The van der Waals surface area contributed by atoms with Gasteiger partial charge in [0, 0.05) is 32.7 Å². The molecule has 0 unspecified atom stereocenters. The number of hydrogen-bond acceptors (Lipinski definition) is 5. The first kappa shape index (κ1) is 21.2. The third-order valence-corrected chi connectivity index (χ3v) is 8.07. The lowest BCUT2D eigenvalue weighted by molar-refractivity contribution is -0.136. The Morgan fingerprint density at radius 3 is 2.60 bits per heavy atom. The van der Waals surface area contributed by atoms with Gasteiger partial charge in [-0.15, -0.1) is 5.10 Å². The first-order valence-electron chi connectivity index (χ1n) is 11.1. The van der Waals surface area contributed by atoms with Gasteiger partial charge in [0.25, 0.3) is 0 Å². The molecule has 9 heteroatoms. The summed E-state index contributed by atoms with van der Waals surface area (Å²) in [6, 6.07) is 5.01. The average molecular weight is 434 g/mol. The monoisotopic (exact) mass is 433 g/mol. The van der Waals surface area contributed by atoms with Crippen LogP contribution in [0.4, 0.5) is 0 Å². The molecule has 1 aromatic heterocycles. The first-order valence-corrected chi connectivity index (χ1v) is 12.6. The lowest BCUT2D eigenvalue weighted by atomic mass is 9.98. The zero-order valence-electron chi connectivity index (χ0n) is 17.7. The van der Waals surface area contributed by atoms with Gasteiger partial charge in [0.15, 0.2) is 0 Å². The van der Waals surface area contributed by atoms with Crippen molar-refractivity contribution in [1.29, 1.82) is 0 Å². The van der Waals surface area contributed by atoms with Gasteiger partial charge in [0.05, 0.1) is 16.3 Å². The van der Waals surface area contributed by atoms with Crippen molar-refractivity contribution in [2.45, 2.75) is 63.3 Å². The predicted molar refractivity (Wildman–Crippen MR) is 114 cm³/mol. The van der Waals surface area contributed by atoms with Gasteiger partial charge in [0.2, 0.25) is 15.9 Å². The van der Waals surface area contributed by atoms with E-state index in [1.165, 1.54) is 17.1 Å². The molecule has 4 rings (SSSR count). The smallest absolute Gasteiger partial charge is 0.243 e. The highest BCUT2D eigenvalue weighted by molar-refractivity contribution is 7.89. The summed E-state index contributed by atoms with van der Waals surface area (Å²) < 4.78 is 29.9. The third-order valence-electron chi connectivity index (χ3n) is 6.21. The van der Waals surface area contributed by atoms with Crippen molar-refractivity contribution < 1.29 is 13.2 Å². The summed E-state index contributed by atoms with van der Waals surface area (Å²) in [5, 5.41) is 8.26. The zero-order valence-corrected chi connectivity index (χ0v) is 18.5. The molecule has 1 atom stereocenters. The second-order valence-corrected chi connectivity index (χ2v) is 10.3. The summed E-state index contributed by atoms with van der Waals surface area (Å²) >= 11 is 0. The van der Waals surface area contributed by atoms with Crippen LogP contribution in [-0.2, 0) is 21.4 Å². The zero-order chi connectivity index (χ0) is 21.1. The van der Waals surface area contributed by atoms with Crippen LogP contribution in [0.3, 0.4) is 0 Å². The Labute approximate surface area is 178 Å². The molecule has 0 aliphatic carbocycles. The Morgan fingerprint density at radius 2 is 1.87 bits per heavy atom. The molecule has 2 aliphatic heterocycles. The number of piperidine rings is 1. The number of amides is 1. The topological polar surface area (TPSA) is 88.4 Å². The van der Waals surface area contributed by atoms with Crippen LogP contribution in [0, 0.1) is 5.92 Å². The van der Waals surface area contributed by atoms with Gasteiger partial charge in [-0.3, -0.25) is 4.79 Å². The van der Waals surface area contributed by atoms with E-state index < -0.39 is 10.0 Å². The highest BCUT2D eigenvalue weighted by Gasteiger charge is 2.35. The van der Waals surface area contributed by atoms with E-state index in [0.717, 1.165) is 50.8 Å². The Bertz CT molecular complexity index is 995.